The van der Waals surface area contributed by atoms with Gasteiger partial charge in [-0.25, -0.2) is 9.37 Å². The van der Waals surface area contributed by atoms with Crippen LogP contribution >= 0.6 is 11.8 Å². The summed E-state index contributed by atoms with van der Waals surface area (Å²) in [6.07, 6.45) is 0.562. The number of carbonyl (C=O) groups is 1. The van der Waals surface area contributed by atoms with Crippen LogP contribution in [-0.4, -0.2) is 27.8 Å². The zero-order valence-corrected chi connectivity index (χ0v) is 14.5. The van der Waals surface area contributed by atoms with Crippen molar-refractivity contribution in [1.29, 1.82) is 0 Å². The fraction of sp³-hybridized carbons (Fsp3) is 0.222. The van der Waals surface area contributed by atoms with Crippen molar-refractivity contribution in [2.24, 2.45) is 0 Å². The van der Waals surface area contributed by atoms with E-state index in [0.29, 0.717) is 24.0 Å². The molecule has 26 heavy (non-hydrogen) atoms. The van der Waals surface area contributed by atoms with Crippen molar-refractivity contribution in [3.8, 4) is 0 Å². The van der Waals surface area contributed by atoms with E-state index in [1.807, 2.05) is 0 Å². The second kappa shape index (κ2) is 8.27. The van der Waals surface area contributed by atoms with Gasteiger partial charge in [-0.3, -0.25) is 9.36 Å². The fourth-order valence-electron chi connectivity index (χ4n) is 2.49. The van der Waals surface area contributed by atoms with Gasteiger partial charge in [0.25, 0.3) is 0 Å². The maximum absolute atomic E-state index is 13.3. The fourth-order valence-corrected chi connectivity index (χ4v) is 3.33. The van der Waals surface area contributed by atoms with Crippen LogP contribution in [0.5, 0.6) is 0 Å². The molecule has 4 nitrogen and oxygen atoms in total. The molecule has 0 aliphatic rings. The van der Waals surface area contributed by atoms with Crippen molar-refractivity contribution < 1.29 is 18.0 Å². The molecule has 3 rings (SSSR count). The van der Waals surface area contributed by atoms with Crippen LogP contribution in [0, 0.1) is 5.82 Å². The molecule has 0 aliphatic carbocycles. The number of hydrogen-bond acceptors (Lipinski definition) is 3. The predicted octanol–water partition coefficient (Wildman–Crippen LogP) is 4.02. The van der Waals surface area contributed by atoms with Crippen LogP contribution in [0.15, 0.2) is 53.7 Å². The molecule has 0 unspecified atom stereocenters. The summed E-state index contributed by atoms with van der Waals surface area (Å²) in [5.41, 5.74) is 1.70. The number of alkyl halides is 2. The first-order valence-electron chi connectivity index (χ1n) is 7.93. The molecule has 0 bridgehead atoms. The number of rotatable bonds is 7. The number of hydrogen-bond donors (Lipinski definition) is 1. The Hall–Kier alpha value is -2.48. The van der Waals surface area contributed by atoms with Crippen molar-refractivity contribution in [2.45, 2.75) is 18.1 Å². The lowest BCUT2D eigenvalue weighted by molar-refractivity contribution is -0.118. The molecule has 1 heterocycles. The number of imidazole rings is 1. The number of aromatic nitrogens is 2. The summed E-state index contributed by atoms with van der Waals surface area (Å²) >= 11 is 0.968. The largest absolute Gasteiger partial charge is 0.355 e. The molecule has 3 aromatic rings. The van der Waals surface area contributed by atoms with E-state index < -0.39 is 6.55 Å². The summed E-state index contributed by atoms with van der Waals surface area (Å²) in [4.78, 5) is 16.1. The molecule has 1 N–H and O–H groups in total. The van der Waals surface area contributed by atoms with Crippen LogP contribution in [0.25, 0.3) is 11.0 Å². The Labute approximate surface area is 152 Å². The average molecular weight is 379 g/mol. The molecule has 2 aromatic carbocycles. The average Bonchev–Trinajstić information content (AvgIpc) is 3.00. The van der Waals surface area contributed by atoms with Gasteiger partial charge in [-0.1, -0.05) is 36.0 Å². The van der Waals surface area contributed by atoms with Crippen molar-refractivity contribution in [1.82, 2.24) is 14.9 Å². The van der Waals surface area contributed by atoms with Crippen LogP contribution in [0.3, 0.4) is 0 Å². The quantitative estimate of drug-likeness (QED) is 0.631. The monoisotopic (exact) mass is 379 g/mol. The number of benzene rings is 2. The minimum atomic E-state index is -2.73. The van der Waals surface area contributed by atoms with E-state index in [4.69, 9.17) is 0 Å². The molecule has 0 radical (unpaired) electrons. The number of nitrogens with one attached hydrogen (secondary N) is 1. The number of halogens is 3. The van der Waals surface area contributed by atoms with Crippen molar-refractivity contribution in [3.05, 3.63) is 59.9 Å². The van der Waals surface area contributed by atoms with E-state index >= 15 is 0 Å². The molecule has 0 saturated carbocycles. The molecule has 0 aliphatic heterocycles. The number of thioether (sulfide) groups is 1. The van der Waals surface area contributed by atoms with Gasteiger partial charge in [0, 0.05) is 6.54 Å². The van der Waals surface area contributed by atoms with Gasteiger partial charge in [0.2, 0.25) is 5.91 Å². The highest BCUT2D eigenvalue weighted by atomic mass is 32.2. The number of nitrogens with zero attached hydrogens (tertiary/aromatic N) is 2. The van der Waals surface area contributed by atoms with Gasteiger partial charge in [-0.05, 0) is 36.2 Å². The van der Waals surface area contributed by atoms with Gasteiger partial charge in [0.15, 0.2) is 5.16 Å². The molecule has 0 spiro atoms. The normalized spacial score (nSPS) is 11.2. The van der Waals surface area contributed by atoms with Crippen LogP contribution in [0.4, 0.5) is 13.2 Å². The Bertz CT molecular complexity index is 896. The second-order valence-corrected chi connectivity index (χ2v) is 6.49. The number of fused-ring (bicyclic) bond motifs is 1. The van der Waals surface area contributed by atoms with Gasteiger partial charge in [-0.2, -0.15) is 8.78 Å². The standard InChI is InChI=1S/C18H16F3N3OS/c19-13-7-5-12(6-8-13)9-10-22-16(25)11-26-18-23-14-3-1-2-4-15(14)24(18)17(20)21/h1-8,17H,9-11H2,(H,22,25). The van der Waals surface area contributed by atoms with E-state index in [2.05, 4.69) is 10.3 Å². The molecule has 1 aromatic heterocycles. The highest BCUT2D eigenvalue weighted by molar-refractivity contribution is 7.99. The Morgan fingerprint density at radius 1 is 1.15 bits per heavy atom. The smallest absolute Gasteiger partial charge is 0.321 e. The molecule has 0 atom stereocenters. The van der Waals surface area contributed by atoms with Crippen molar-refractivity contribution in [2.75, 3.05) is 12.3 Å². The molecule has 0 fully saturated rings. The molecule has 0 saturated heterocycles. The van der Waals surface area contributed by atoms with Crippen LogP contribution in [0.1, 0.15) is 12.1 Å². The number of amides is 1. The molecular weight excluding hydrogens is 363 g/mol. The van der Waals surface area contributed by atoms with Crippen LogP contribution in [-0.2, 0) is 11.2 Å². The van der Waals surface area contributed by atoms with Crippen molar-refractivity contribution >= 4 is 28.7 Å². The summed E-state index contributed by atoms with van der Waals surface area (Å²) in [5, 5.41) is 2.83. The van der Waals surface area contributed by atoms with Gasteiger partial charge in [0.1, 0.15) is 5.82 Å². The topological polar surface area (TPSA) is 46.9 Å². The van der Waals surface area contributed by atoms with Gasteiger partial charge in [0.05, 0.1) is 16.8 Å². The molecule has 136 valence electrons. The summed E-state index contributed by atoms with van der Waals surface area (Å²) in [6.45, 7) is -2.34. The van der Waals surface area contributed by atoms with E-state index in [1.54, 1.807) is 36.4 Å². The van der Waals surface area contributed by atoms with Crippen LogP contribution < -0.4 is 5.32 Å². The highest BCUT2D eigenvalue weighted by Crippen LogP contribution is 2.28. The number of para-hydroxylation sites is 2. The molecule has 1 amide bonds. The first-order valence-corrected chi connectivity index (χ1v) is 8.92. The lowest BCUT2D eigenvalue weighted by Crippen LogP contribution is -2.27. The van der Waals surface area contributed by atoms with Gasteiger partial charge in [-0.15, -0.1) is 0 Å². The van der Waals surface area contributed by atoms with Gasteiger partial charge < -0.3 is 5.32 Å². The Morgan fingerprint density at radius 3 is 2.62 bits per heavy atom. The van der Waals surface area contributed by atoms with Crippen LogP contribution in [0.2, 0.25) is 0 Å². The summed E-state index contributed by atoms with van der Waals surface area (Å²) in [6, 6.07) is 12.6. The minimum Gasteiger partial charge on any atom is -0.355 e. The lowest BCUT2D eigenvalue weighted by atomic mass is 10.1. The minimum absolute atomic E-state index is 0.0144. The maximum atomic E-state index is 13.3. The van der Waals surface area contributed by atoms with Crippen molar-refractivity contribution in [3.63, 3.8) is 0 Å². The number of carbonyl (C=O) groups excluding carboxylic acids is 1. The summed E-state index contributed by atoms with van der Waals surface area (Å²) in [7, 11) is 0. The van der Waals surface area contributed by atoms with Gasteiger partial charge >= 0.3 is 6.55 Å². The van der Waals surface area contributed by atoms with E-state index in [9.17, 15) is 18.0 Å². The third-order valence-electron chi connectivity index (χ3n) is 3.74. The maximum Gasteiger partial charge on any atom is 0.321 e. The molecular formula is C18H16F3N3OS. The molecule has 8 heteroatoms. The van der Waals surface area contributed by atoms with E-state index in [0.717, 1.165) is 21.9 Å². The third-order valence-corrected chi connectivity index (χ3v) is 4.69. The summed E-state index contributed by atoms with van der Waals surface area (Å²) < 4.78 is 40.3. The predicted molar refractivity (Wildman–Crippen MR) is 94.8 cm³/mol. The third kappa shape index (κ3) is 4.37. The van der Waals surface area contributed by atoms with E-state index in [-0.39, 0.29) is 22.6 Å². The first-order chi connectivity index (χ1) is 12.5. The Balaban J connectivity index is 1.55. The van der Waals surface area contributed by atoms with E-state index in [1.165, 1.54) is 12.1 Å². The highest BCUT2D eigenvalue weighted by Gasteiger charge is 2.18. The summed E-state index contributed by atoms with van der Waals surface area (Å²) in [5.74, 6) is -0.597. The Morgan fingerprint density at radius 2 is 1.88 bits per heavy atom. The first kappa shape index (κ1) is 18.3. The Kier molecular flexibility index (Phi) is 5.82. The second-order valence-electron chi connectivity index (χ2n) is 5.55. The SMILES string of the molecule is O=C(CSc1nc2ccccc2n1C(F)F)NCCc1ccc(F)cc1. The zero-order valence-electron chi connectivity index (χ0n) is 13.7. The lowest BCUT2D eigenvalue weighted by Gasteiger charge is -2.08. The zero-order chi connectivity index (χ0) is 18.5.